The van der Waals surface area contributed by atoms with Gasteiger partial charge in [0.25, 0.3) is 0 Å². The van der Waals surface area contributed by atoms with Crippen molar-refractivity contribution in [2.24, 2.45) is 0 Å². The Kier molecular flexibility index (Phi) is 31.8. The van der Waals surface area contributed by atoms with Crippen LogP contribution in [0, 0.1) is 0 Å². The standard InChI is InChI=1S/C14H15NO5.C12H10O5.C10H13NO3.C8H8O3.2C6H10O4.CH4/c1-4-19-14(18)12-7-10(17)13-9(16)5-8(15(2)3)6-11(13)20-12;1-2-16-12(15)11-6-9(14)8-5-7(13)3-4-10(8)17-11;1-6(12)10-8(13)4-7(11(2)3)5-9(10)14;1-5(9)7-4-6(10)2-3-8(7)11;2*1-3-9-5(7)6(8)10-4-2;/h5-7,16H,4H2,1-3H3;3-6,13H,2H2,1H3;4-5,13-14H,1-3H3;2-4,10-11H,1H3;2*3-4H2,1-2H3;1H4. The second kappa shape index (κ2) is 36.2. The predicted octanol–water partition coefficient (Wildman–Crippen LogP) is 6.94. The molecule has 0 amide bonds. The van der Waals surface area contributed by atoms with Gasteiger partial charge in [0.1, 0.15) is 56.6 Å². The number of carbonyl (C=O) groups excluding carboxylic acids is 8. The number of Topliss-reactive ketones (excluding diaryl/α,β-unsaturated/α-hetero) is 2. The second-order valence-corrected chi connectivity index (χ2v) is 16.3. The summed E-state index contributed by atoms with van der Waals surface area (Å²) in [5, 5.41) is 56.4. The average Bonchev–Trinajstić information content (AvgIpc) is 3.50. The first kappa shape index (κ1) is 72.9. The van der Waals surface area contributed by atoms with Crippen molar-refractivity contribution in [3.63, 3.8) is 0 Å². The van der Waals surface area contributed by atoms with Crippen molar-refractivity contribution in [3.05, 3.63) is 116 Å². The highest BCUT2D eigenvalue weighted by atomic mass is 16.6. The van der Waals surface area contributed by atoms with Crippen LogP contribution in [0.2, 0.25) is 0 Å². The molecule has 0 aliphatic heterocycles. The molecule has 6 N–H and O–H groups in total. The number of ether oxygens (including phenoxy) is 6. The number of hydrogen-bond donors (Lipinski definition) is 6. The van der Waals surface area contributed by atoms with Crippen LogP contribution in [0.1, 0.15) is 105 Å². The minimum absolute atomic E-state index is 0. The Bertz CT molecular complexity index is 3230. The Morgan fingerprint density at radius 3 is 1.19 bits per heavy atom. The van der Waals surface area contributed by atoms with Crippen molar-refractivity contribution < 1.29 is 106 Å². The van der Waals surface area contributed by atoms with Gasteiger partial charge in [0.05, 0.1) is 50.6 Å². The average molecular weight is 1170 g/mol. The first-order chi connectivity index (χ1) is 38.5. The van der Waals surface area contributed by atoms with Crippen LogP contribution in [0.15, 0.2) is 91.2 Å². The summed E-state index contributed by atoms with van der Waals surface area (Å²) < 4.78 is 37.5. The number of benzene rings is 4. The van der Waals surface area contributed by atoms with Crippen molar-refractivity contribution in [2.75, 3.05) is 77.6 Å². The van der Waals surface area contributed by atoms with E-state index in [2.05, 4.69) is 18.9 Å². The third kappa shape index (κ3) is 23.6. The van der Waals surface area contributed by atoms with Crippen LogP contribution in [0.25, 0.3) is 21.9 Å². The molecule has 83 heavy (non-hydrogen) atoms. The quantitative estimate of drug-likeness (QED) is 0.0237. The van der Waals surface area contributed by atoms with Gasteiger partial charge in [-0.05, 0) is 91.8 Å². The van der Waals surface area contributed by atoms with E-state index in [4.69, 9.17) is 28.5 Å². The van der Waals surface area contributed by atoms with Gasteiger partial charge in [-0.3, -0.25) is 19.2 Å². The highest BCUT2D eigenvalue weighted by Gasteiger charge is 2.19. The molecule has 0 unspecified atom stereocenters. The maximum absolute atomic E-state index is 12.0. The first-order valence-electron chi connectivity index (χ1n) is 24.6. The molecule has 4 aromatic carbocycles. The number of phenolic OH excluding ortho intramolecular Hbond substituents is 6. The third-order valence-electron chi connectivity index (χ3n) is 9.72. The third-order valence-corrected chi connectivity index (χ3v) is 9.72. The Morgan fingerprint density at radius 2 is 0.807 bits per heavy atom. The van der Waals surface area contributed by atoms with Gasteiger partial charge in [-0.2, -0.15) is 0 Å². The molecule has 26 nitrogen and oxygen atoms in total. The number of hydrogen-bond acceptors (Lipinski definition) is 26. The van der Waals surface area contributed by atoms with Crippen molar-refractivity contribution in [1.29, 1.82) is 0 Å². The summed E-state index contributed by atoms with van der Waals surface area (Å²) in [6.07, 6.45) is 0. The zero-order valence-electron chi connectivity index (χ0n) is 47.1. The van der Waals surface area contributed by atoms with Gasteiger partial charge in [0, 0.05) is 76.0 Å². The summed E-state index contributed by atoms with van der Waals surface area (Å²) in [6.45, 7) is 13.6. The van der Waals surface area contributed by atoms with E-state index in [0.29, 0.717) is 11.4 Å². The summed E-state index contributed by atoms with van der Waals surface area (Å²) >= 11 is 0. The van der Waals surface area contributed by atoms with Crippen LogP contribution in [0.4, 0.5) is 11.4 Å². The Labute approximate surface area is 476 Å². The van der Waals surface area contributed by atoms with Crippen LogP contribution < -0.4 is 20.7 Å². The lowest BCUT2D eigenvalue weighted by Gasteiger charge is -2.14. The van der Waals surface area contributed by atoms with Gasteiger partial charge in [-0.15, -0.1) is 0 Å². The van der Waals surface area contributed by atoms with E-state index >= 15 is 0 Å². The first-order valence-corrected chi connectivity index (χ1v) is 24.6. The molecular weight excluding hydrogens is 1100 g/mol. The zero-order valence-corrected chi connectivity index (χ0v) is 47.1. The second-order valence-electron chi connectivity index (χ2n) is 16.3. The van der Waals surface area contributed by atoms with Gasteiger partial charge in [0.15, 0.2) is 22.4 Å². The smallest absolute Gasteiger partial charge is 0.417 e. The number of fused-ring (bicyclic) bond motifs is 2. The van der Waals surface area contributed by atoms with Crippen molar-refractivity contribution in [1.82, 2.24) is 0 Å². The Balaban J connectivity index is 0.000000991. The summed E-state index contributed by atoms with van der Waals surface area (Å²) in [4.78, 5) is 114. The molecule has 2 heterocycles. The largest absolute Gasteiger partial charge is 0.508 e. The van der Waals surface area contributed by atoms with Gasteiger partial charge in [0.2, 0.25) is 11.5 Å². The van der Waals surface area contributed by atoms with Crippen molar-refractivity contribution >= 4 is 80.7 Å². The molecule has 0 saturated heterocycles. The molecule has 0 fully saturated rings. The number of ketones is 2. The molecule has 0 aliphatic rings. The molecule has 6 aromatic rings. The van der Waals surface area contributed by atoms with Crippen LogP contribution in [0.5, 0.6) is 34.5 Å². The van der Waals surface area contributed by atoms with Gasteiger partial charge >= 0.3 is 35.8 Å². The Morgan fingerprint density at radius 1 is 0.434 bits per heavy atom. The minimum Gasteiger partial charge on any atom is -0.508 e. The number of nitrogens with zero attached hydrogens (tertiary/aromatic N) is 2. The summed E-state index contributed by atoms with van der Waals surface area (Å²) in [6, 6.07) is 15.9. The fourth-order valence-electron chi connectivity index (χ4n) is 6.04. The molecule has 2 aromatic heterocycles. The maximum atomic E-state index is 12.0. The normalized spacial score (nSPS) is 9.69. The van der Waals surface area contributed by atoms with E-state index in [9.17, 15) is 68.4 Å². The highest BCUT2D eigenvalue weighted by Crippen LogP contribution is 2.33. The SMILES string of the molecule is C.CC(=O)c1c(O)cc(N(C)C)cc1O.CC(=O)c1cc(O)ccc1O.CCOC(=O)C(=O)OCC.CCOC(=O)C(=O)OCC.CCOC(=O)c1cc(=O)c2c(O)cc(N(C)C)cc2o1.CCOC(=O)c1cc(=O)c2cc(O)ccc2o1. The predicted molar refractivity (Wildman–Crippen MR) is 302 cm³/mol. The number of anilines is 2. The Hall–Kier alpha value is -10.1. The molecule has 452 valence electrons. The van der Waals surface area contributed by atoms with Crippen molar-refractivity contribution in [3.8, 4) is 34.5 Å². The number of esters is 6. The number of aromatic hydroxyl groups is 6. The van der Waals surface area contributed by atoms with Crippen molar-refractivity contribution in [2.45, 2.75) is 62.8 Å². The number of carbonyl (C=O) groups is 8. The molecule has 0 spiro atoms. The number of rotatable bonds is 12. The fourth-order valence-corrected chi connectivity index (χ4v) is 6.04. The molecule has 6 rings (SSSR count). The molecule has 0 saturated carbocycles. The topological polar surface area (TPSA) is 380 Å². The van der Waals surface area contributed by atoms with E-state index in [-0.39, 0.29) is 138 Å². The summed E-state index contributed by atoms with van der Waals surface area (Å²) in [7, 11) is 7.13. The van der Waals surface area contributed by atoms with Gasteiger partial charge in [-0.1, -0.05) is 7.43 Å². The molecule has 0 atom stereocenters. The van der Waals surface area contributed by atoms with Gasteiger partial charge in [-0.25, -0.2) is 28.8 Å². The van der Waals surface area contributed by atoms with E-state index in [1.807, 2.05) is 0 Å². The van der Waals surface area contributed by atoms with E-state index in [1.54, 1.807) is 85.6 Å². The lowest BCUT2D eigenvalue weighted by molar-refractivity contribution is -0.167. The summed E-state index contributed by atoms with van der Waals surface area (Å²) in [5.74, 6) is -6.77. The lowest BCUT2D eigenvalue weighted by atomic mass is 10.1. The lowest BCUT2D eigenvalue weighted by Crippen LogP contribution is -2.19. The summed E-state index contributed by atoms with van der Waals surface area (Å²) in [5.41, 5.74) is 0.898. The van der Waals surface area contributed by atoms with E-state index in [0.717, 1.165) is 12.1 Å². The van der Waals surface area contributed by atoms with Crippen LogP contribution in [0.3, 0.4) is 0 Å². The van der Waals surface area contributed by atoms with Gasteiger partial charge < -0.3 is 77.7 Å². The van der Waals surface area contributed by atoms with Crippen LogP contribution in [-0.2, 0) is 47.6 Å². The van der Waals surface area contributed by atoms with Crippen LogP contribution in [-0.4, -0.2) is 146 Å². The molecule has 26 heteroatoms. The highest BCUT2D eigenvalue weighted by molar-refractivity contribution is 6.30. The molecule has 0 bridgehead atoms. The van der Waals surface area contributed by atoms with E-state index in [1.165, 1.54) is 68.4 Å². The monoisotopic (exact) mass is 1170 g/mol. The minimum atomic E-state index is -0.927. The molecule has 0 aliphatic carbocycles. The zero-order chi connectivity index (χ0) is 62.6. The van der Waals surface area contributed by atoms with E-state index < -0.39 is 46.7 Å². The molecular formula is C57H70N2O24. The maximum Gasteiger partial charge on any atom is 0.417 e. The fraction of sp³-hybridized carbons (Fsp3) is 0.333. The number of phenols is 6. The molecule has 0 radical (unpaired) electrons. The van der Waals surface area contributed by atoms with Crippen LogP contribution >= 0.6 is 0 Å².